The van der Waals surface area contributed by atoms with Crippen molar-refractivity contribution in [1.29, 1.82) is 0 Å². The topological polar surface area (TPSA) is 41.1 Å². The molecule has 0 saturated heterocycles. The molecule has 1 aromatic rings. The molecule has 0 bridgehead atoms. The van der Waals surface area contributed by atoms with Crippen molar-refractivity contribution in [3.05, 3.63) is 35.4 Å². The van der Waals surface area contributed by atoms with Gasteiger partial charge in [-0.2, -0.15) is 11.8 Å². The van der Waals surface area contributed by atoms with Crippen LogP contribution in [0.1, 0.15) is 24.5 Å². The molecule has 0 fully saturated rings. The summed E-state index contributed by atoms with van der Waals surface area (Å²) in [6, 6.07) is 8.52. The van der Waals surface area contributed by atoms with E-state index in [9.17, 15) is 4.79 Å². The maximum atomic E-state index is 12.3. The van der Waals surface area contributed by atoms with Gasteiger partial charge in [-0.1, -0.05) is 31.2 Å². The predicted octanol–water partition coefficient (Wildman–Crippen LogP) is 1.96. The Morgan fingerprint density at radius 2 is 2.21 bits per heavy atom. The SMILES string of the molecule is CCC(CSC)NC(=O)[C@@H]1Cc2ccccc2CN1. The summed E-state index contributed by atoms with van der Waals surface area (Å²) in [5, 5.41) is 6.47. The minimum atomic E-state index is -0.0918. The summed E-state index contributed by atoms with van der Waals surface area (Å²) in [7, 11) is 0. The zero-order valence-electron chi connectivity index (χ0n) is 11.6. The third-order valence-electron chi connectivity index (χ3n) is 3.60. The van der Waals surface area contributed by atoms with Crippen LogP contribution in [0, 0.1) is 0 Å². The van der Waals surface area contributed by atoms with Gasteiger partial charge in [-0.3, -0.25) is 4.79 Å². The van der Waals surface area contributed by atoms with Gasteiger partial charge in [0.25, 0.3) is 0 Å². The van der Waals surface area contributed by atoms with Crippen molar-refractivity contribution in [3.63, 3.8) is 0 Å². The number of hydrogen-bond donors (Lipinski definition) is 2. The Labute approximate surface area is 119 Å². The molecule has 0 spiro atoms. The molecular weight excluding hydrogens is 256 g/mol. The second-order valence-electron chi connectivity index (χ2n) is 4.98. The number of benzene rings is 1. The van der Waals surface area contributed by atoms with E-state index in [1.165, 1.54) is 11.1 Å². The van der Waals surface area contributed by atoms with Gasteiger partial charge in [-0.25, -0.2) is 0 Å². The number of carbonyl (C=O) groups is 1. The van der Waals surface area contributed by atoms with Crippen LogP contribution < -0.4 is 10.6 Å². The van der Waals surface area contributed by atoms with Crippen LogP contribution in [-0.2, 0) is 17.8 Å². The largest absolute Gasteiger partial charge is 0.351 e. The Morgan fingerprint density at radius 1 is 1.47 bits per heavy atom. The van der Waals surface area contributed by atoms with E-state index in [0.717, 1.165) is 25.1 Å². The van der Waals surface area contributed by atoms with Gasteiger partial charge in [0.15, 0.2) is 0 Å². The fourth-order valence-corrected chi connectivity index (χ4v) is 3.13. The Bertz CT molecular complexity index is 436. The molecular formula is C15H22N2OS. The van der Waals surface area contributed by atoms with Gasteiger partial charge >= 0.3 is 0 Å². The summed E-state index contributed by atoms with van der Waals surface area (Å²) >= 11 is 1.78. The van der Waals surface area contributed by atoms with Crippen LogP contribution in [-0.4, -0.2) is 30.0 Å². The summed E-state index contributed by atoms with van der Waals surface area (Å²) in [6.07, 6.45) is 3.84. The van der Waals surface area contributed by atoms with Crippen molar-refractivity contribution < 1.29 is 4.79 Å². The van der Waals surface area contributed by atoms with Crippen molar-refractivity contribution in [2.24, 2.45) is 0 Å². The number of thioether (sulfide) groups is 1. The minimum absolute atomic E-state index is 0.0918. The number of nitrogens with one attached hydrogen (secondary N) is 2. The summed E-state index contributed by atoms with van der Waals surface area (Å²) < 4.78 is 0. The van der Waals surface area contributed by atoms with Gasteiger partial charge in [0.05, 0.1) is 6.04 Å². The molecule has 19 heavy (non-hydrogen) atoms. The third-order valence-corrected chi connectivity index (χ3v) is 4.34. The lowest BCUT2D eigenvalue weighted by Gasteiger charge is -2.27. The van der Waals surface area contributed by atoms with Gasteiger partial charge in [0.2, 0.25) is 5.91 Å². The number of rotatable bonds is 5. The molecule has 1 aliphatic rings. The lowest BCUT2D eigenvalue weighted by molar-refractivity contribution is -0.123. The number of hydrogen-bond acceptors (Lipinski definition) is 3. The Balaban J connectivity index is 1.95. The fraction of sp³-hybridized carbons (Fsp3) is 0.533. The number of carbonyl (C=O) groups excluding carboxylic acids is 1. The molecule has 0 aromatic heterocycles. The van der Waals surface area contributed by atoms with E-state index in [0.29, 0.717) is 0 Å². The van der Waals surface area contributed by atoms with Crippen LogP contribution in [0.15, 0.2) is 24.3 Å². The van der Waals surface area contributed by atoms with Crippen molar-refractivity contribution >= 4 is 17.7 Å². The maximum absolute atomic E-state index is 12.3. The molecule has 0 saturated carbocycles. The number of fused-ring (bicyclic) bond motifs is 1. The van der Waals surface area contributed by atoms with Crippen LogP contribution in [0.4, 0.5) is 0 Å². The van der Waals surface area contributed by atoms with Gasteiger partial charge in [-0.05, 0) is 30.2 Å². The Hall–Kier alpha value is -1.00. The van der Waals surface area contributed by atoms with Crippen molar-refractivity contribution in [2.45, 2.75) is 38.4 Å². The standard InChI is InChI=1S/C15H22N2OS/c1-3-13(10-19-2)17-15(18)14-8-11-6-4-5-7-12(11)9-16-14/h4-7,13-14,16H,3,8-10H2,1-2H3,(H,17,18)/t13?,14-/m0/s1. The average molecular weight is 278 g/mol. The van der Waals surface area contributed by atoms with E-state index in [2.05, 4.69) is 35.9 Å². The lowest BCUT2D eigenvalue weighted by atomic mass is 9.95. The second kappa shape index (κ2) is 6.96. The van der Waals surface area contributed by atoms with Gasteiger partial charge in [0, 0.05) is 18.3 Å². The molecule has 0 radical (unpaired) electrons. The maximum Gasteiger partial charge on any atom is 0.237 e. The summed E-state index contributed by atoms with van der Waals surface area (Å²) in [4.78, 5) is 12.3. The summed E-state index contributed by atoms with van der Waals surface area (Å²) in [6.45, 7) is 2.90. The first-order valence-corrected chi connectivity index (χ1v) is 8.23. The molecule has 1 aromatic carbocycles. The third kappa shape index (κ3) is 3.74. The molecule has 1 amide bonds. The molecule has 1 unspecified atom stereocenters. The monoisotopic (exact) mass is 278 g/mol. The number of amides is 1. The van der Waals surface area contributed by atoms with E-state index in [4.69, 9.17) is 0 Å². The van der Waals surface area contributed by atoms with Crippen LogP contribution in [0.25, 0.3) is 0 Å². The van der Waals surface area contributed by atoms with Crippen LogP contribution in [0.3, 0.4) is 0 Å². The molecule has 3 nitrogen and oxygen atoms in total. The quantitative estimate of drug-likeness (QED) is 0.865. The summed E-state index contributed by atoms with van der Waals surface area (Å²) in [5.41, 5.74) is 2.60. The zero-order valence-corrected chi connectivity index (χ0v) is 12.4. The molecule has 2 rings (SSSR count). The highest BCUT2D eigenvalue weighted by Crippen LogP contribution is 2.16. The zero-order chi connectivity index (χ0) is 13.7. The first-order chi connectivity index (χ1) is 9.24. The van der Waals surface area contributed by atoms with E-state index in [-0.39, 0.29) is 18.0 Å². The molecule has 1 heterocycles. The smallest absolute Gasteiger partial charge is 0.237 e. The molecule has 2 N–H and O–H groups in total. The fourth-order valence-electron chi connectivity index (χ4n) is 2.40. The molecule has 4 heteroatoms. The van der Waals surface area contributed by atoms with Crippen molar-refractivity contribution in [3.8, 4) is 0 Å². The van der Waals surface area contributed by atoms with Crippen molar-refractivity contribution in [2.75, 3.05) is 12.0 Å². The molecule has 2 atom stereocenters. The summed E-state index contributed by atoms with van der Waals surface area (Å²) in [5.74, 6) is 1.11. The van der Waals surface area contributed by atoms with Crippen LogP contribution in [0.2, 0.25) is 0 Å². The first kappa shape index (κ1) is 14.4. The highest BCUT2D eigenvalue weighted by Gasteiger charge is 2.24. The van der Waals surface area contributed by atoms with Gasteiger partial charge in [-0.15, -0.1) is 0 Å². The Kier molecular flexibility index (Phi) is 5.28. The highest BCUT2D eigenvalue weighted by atomic mass is 32.2. The van der Waals surface area contributed by atoms with E-state index >= 15 is 0 Å². The van der Waals surface area contributed by atoms with Crippen LogP contribution in [0.5, 0.6) is 0 Å². The highest BCUT2D eigenvalue weighted by molar-refractivity contribution is 7.98. The normalized spacial score (nSPS) is 19.6. The van der Waals surface area contributed by atoms with E-state index in [1.807, 2.05) is 12.1 Å². The second-order valence-corrected chi connectivity index (χ2v) is 5.89. The average Bonchev–Trinajstić information content (AvgIpc) is 2.46. The molecule has 1 aliphatic heterocycles. The lowest BCUT2D eigenvalue weighted by Crippen LogP contribution is -2.50. The van der Waals surface area contributed by atoms with Crippen LogP contribution >= 0.6 is 11.8 Å². The molecule has 0 aliphatic carbocycles. The predicted molar refractivity (Wildman–Crippen MR) is 81.4 cm³/mol. The van der Waals surface area contributed by atoms with Gasteiger partial charge in [0.1, 0.15) is 0 Å². The first-order valence-electron chi connectivity index (χ1n) is 6.84. The van der Waals surface area contributed by atoms with E-state index in [1.54, 1.807) is 11.8 Å². The minimum Gasteiger partial charge on any atom is -0.351 e. The van der Waals surface area contributed by atoms with Gasteiger partial charge < -0.3 is 10.6 Å². The molecule has 104 valence electrons. The van der Waals surface area contributed by atoms with Crippen molar-refractivity contribution in [1.82, 2.24) is 10.6 Å². The van der Waals surface area contributed by atoms with E-state index < -0.39 is 0 Å². The Morgan fingerprint density at radius 3 is 2.89 bits per heavy atom.